The van der Waals surface area contributed by atoms with E-state index in [2.05, 4.69) is 37.4 Å². The van der Waals surface area contributed by atoms with Crippen LogP contribution in [0.3, 0.4) is 0 Å². The van der Waals surface area contributed by atoms with Gasteiger partial charge in [0.2, 0.25) is 5.95 Å². The molecule has 4 rings (SSSR count). The van der Waals surface area contributed by atoms with Gasteiger partial charge < -0.3 is 26.8 Å². The highest BCUT2D eigenvalue weighted by molar-refractivity contribution is 6.43. The Morgan fingerprint density at radius 1 is 1.11 bits per heavy atom. The van der Waals surface area contributed by atoms with Crippen molar-refractivity contribution < 1.29 is 19.5 Å². The molecule has 0 radical (unpaired) electrons. The number of nitrogens with two attached hydrogens (primary N) is 1. The maximum absolute atomic E-state index is 12.5. The number of nitrogens with one attached hydrogen (secondary N) is 3. The number of anilines is 5. The van der Waals surface area contributed by atoms with Crippen LogP contribution in [0.25, 0.3) is 0 Å². The number of carbonyl (C=O) groups is 3. The maximum Gasteiger partial charge on any atom is 0.289 e. The Morgan fingerprint density at radius 2 is 1.86 bits per heavy atom. The molecule has 1 aliphatic heterocycles. The first-order chi connectivity index (χ1) is 17.7. The molecule has 11 nitrogen and oxygen atoms in total. The molecule has 1 aliphatic rings. The van der Waals surface area contributed by atoms with E-state index in [-0.39, 0.29) is 45.4 Å². The summed E-state index contributed by atoms with van der Waals surface area (Å²) in [6.07, 6.45) is 2.43. The number of para-hydroxylation sites is 1. The lowest BCUT2D eigenvalue weighted by Crippen LogP contribution is -2.39. The number of nitrogens with zero attached hydrogens (tertiary/aromatic N) is 3. The van der Waals surface area contributed by atoms with Crippen LogP contribution in [0.15, 0.2) is 60.8 Å². The third-order valence-electron chi connectivity index (χ3n) is 5.58. The molecule has 0 spiro atoms. The number of aromatic nitrogens is 2. The first kappa shape index (κ1) is 25.6. The van der Waals surface area contributed by atoms with Gasteiger partial charge in [0.05, 0.1) is 23.1 Å². The highest BCUT2D eigenvalue weighted by Gasteiger charge is 2.19. The van der Waals surface area contributed by atoms with Gasteiger partial charge in [-0.15, -0.1) is 0 Å². The predicted octanol–water partition coefficient (Wildman–Crippen LogP) is 3.19. The fourth-order valence-electron chi connectivity index (χ4n) is 3.50. The van der Waals surface area contributed by atoms with Gasteiger partial charge in [0.25, 0.3) is 17.6 Å². The normalized spacial score (nSPS) is 12.8. The standard InChI is InChI=1S/C25H24ClN7O4/c1-14(13-33-9-4-10-33)24(37)29-15-7-8-20(34)19(11-15)31-25-28-12-17(26)23(32-25)30-18-6-3-2-5-16(18)21(35)22(27)36/h2-3,5-8,11-12,34H,1,4,9-10,13H2,(H2,27,36)(H,29,37)(H2,28,30,31,32). The van der Waals surface area contributed by atoms with Gasteiger partial charge in [-0.3, -0.25) is 19.3 Å². The molecular weight excluding hydrogens is 498 g/mol. The summed E-state index contributed by atoms with van der Waals surface area (Å²) in [6, 6.07) is 10.7. The summed E-state index contributed by atoms with van der Waals surface area (Å²) in [7, 11) is 0. The van der Waals surface area contributed by atoms with E-state index < -0.39 is 11.7 Å². The summed E-state index contributed by atoms with van der Waals surface area (Å²) in [6.45, 7) is 6.25. The smallest absolute Gasteiger partial charge is 0.289 e. The van der Waals surface area contributed by atoms with E-state index in [4.69, 9.17) is 17.3 Å². The number of hydrogen-bond acceptors (Lipinski definition) is 9. The highest BCUT2D eigenvalue weighted by atomic mass is 35.5. The molecule has 2 amide bonds. The fourth-order valence-corrected chi connectivity index (χ4v) is 3.64. The predicted molar refractivity (Wildman–Crippen MR) is 141 cm³/mol. The number of hydrogen-bond donors (Lipinski definition) is 5. The van der Waals surface area contributed by atoms with Crippen molar-refractivity contribution in [3.8, 4) is 5.75 Å². The number of carbonyl (C=O) groups excluding carboxylic acids is 3. The molecule has 37 heavy (non-hydrogen) atoms. The van der Waals surface area contributed by atoms with Gasteiger partial charge in [-0.2, -0.15) is 4.98 Å². The van der Waals surface area contributed by atoms with Crippen LogP contribution < -0.4 is 21.7 Å². The minimum absolute atomic E-state index is 0.0518. The Morgan fingerprint density at radius 3 is 2.57 bits per heavy atom. The van der Waals surface area contributed by atoms with Crippen LogP contribution in [-0.2, 0) is 9.59 Å². The fraction of sp³-hybridized carbons (Fsp3) is 0.160. The van der Waals surface area contributed by atoms with Crippen LogP contribution in [0.2, 0.25) is 5.02 Å². The van der Waals surface area contributed by atoms with Gasteiger partial charge in [-0.05, 0) is 49.8 Å². The summed E-state index contributed by atoms with van der Waals surface area (Å²) < 4.78 is 0. The van der Waals surface area contributed by atoms with Crippen molar-refractivity contribution in [3.63, 3.8) is 0 Å². The van der Waals surface area contributed by atoms with Gasteiger partial charge in [-0.1, -0.05) is 30.3 Å². The van der Waals surface area contributed by atoms with Crippen LogP contribution in [0.5, 0.6) is 5.75 Å². The molecule has 3 aromatic rings. The van der Waals surface area contributed by atoms with E-state index in [0.717, 1.165) is 19.5 Å². The molecule has 2 aromatic carbocycles. The SMILES string of the molecule is C=C(CN1CCC1)C(=O)Nc1ccc(O)c(Nc2ncc(Cl)c(Nc3ccccc3C(=O)C(N)=O)n2)c1. The molecule has 0 atom stereocenters. The Hall–Kier alpha value is -4.48. The van der Waals surface area contributed by atoms with Crippen molar-refractivity contribution in [2.24, 2.45) is 5.73 Å². The third kappa shape index (κ3) is 6.21. The Balaban J connectivity index is 1.51. The quantitative estimate of drug-likeness (QED) is 0.0886. The number of Topliss-reactive ketones (excluding diaryl/α,β-unsaturated/α-hetero) is 1. The Bertz CT molecular complexity index is 1390. The molecule has 1 saturated heterocycles. The first-order valence-corrected chi connectivity index (χ1v) is 11.6. The number of halogens is 1. The van der Waals surface area contributed by atoms with E-state index in [1.54, 1.807) is 24.3 Å². The average molecular weight is 522 g/mol. The van der Waals surface area contributed by atoms with Gasteiger partial charge in [0.1, 0.15) is 10.8 Å². The van der Waals surface area contributed by atoms with E-state index in [9.17, 15) is 19.5 Å². The number of phenols is 1. The number of aromatic hydroxyl groups is 1. The average Bonchev–Trinajstić information content (AvgIpc) is 2.85. The first-order valence-electron chi connectivity index (χ1n) is 11.3. The van der Waals surface area contributed by atoms with E-state index in [1.807, 2.05) is 0 Å². The van der Waals surface area contributed by atoms with Crippen LogP contribution in [0.1, 0.15) is 16.8 Å². The minimum atomic E-state index is -1.10. The van der Waals surface area contributed by atoms with E-state index >= 15 is 0 Å². The maximum atomic E-state index is 12.5. The summed E-state index contributed by atoms with van der Waals surface area (Å²) in [5.41, 5.74) is 6.55. The number of amides is 2. The summed E-state index contributed by atoms with van der Waals surface area (Å²) in [4.78, 5) is 46.6. The monoisotopic (exact) mass is 521 g/mol. The number of ketones is 1. The van der Waals surface area contributed by atoms with Gasteiger partial charge in [0, 0.05) is 17.8 Å². The lowest BCUT2D eigenvalue weighted by molar-refractivity contribution is -0.114. The van der Waals surface area contributed by atoms with E-state index in [1.165, 1.54) is 24.4 Å². The molecule has 12 heteroatoms. The lowest BCUT2D eigenvalue weighted by atomic mass is 10.1. The number of phenolic OH excluding ortho intramolecular Hbond substituents is 1. The largest absolute Gasteiger partial charge is 0.506 e. The van der Waals surface area contributed by atoms with Crippen molar-refractivity contribution in [2.45, 2.75) is 6.42 Å². The second kappa shape index (κ2) is 11.1. The number of benzene rings is 2. The molecule has 6 N–H and O–H groups in total. The van der Waals surface area contributed by atoms with Gasteiger partial charge in [-0.25, -0.2) is 4.98 Å². The summed E-state index contributed by atoms with van der Waals surface area (Å²) >= 11 is 6.24. The molecule has 0 aliphatic carbocycles. The number of likely N-dealkylation sites (tertiary alicyclic amines) is 1. The van der Waals surface area contributed by atoms with Gasteiger partial charge >= 0.3 is 0 Å². The van der Waals surface area contributed by atoms with Crippen molar-refractivity contribution >= 4 is 58.0 Å². The summed E-state index contributed by atoms with van der Waals surface area (Å²) in [5.74, 6) is -2.20. The Labute approximate surface area is 217 Å². The van der Waals surface area contributed by atoms with Crippen molar-refractivity contribution in [1.82, 2.24) is 14.9 Å². The molecule has 0 unspecified atom stereocenters. The zero-order valence-electron chi connectivity index (χ0n) is 19.6. The molecule has 2 heterocycles. The van der Waals surface area contributed by atoms with Gasteiger partial charge in [0.15, 0.2) is 5.82 Å². The number of primary amides is 1. The molecule has 0 saturated carbocycles. The third-order valence-corrected chi connectivity index (χ3v) is 5.85. The molecule has 1 fully saturated rings. The van der Waals surface area contributed by atoms with Crippen LogP contribution in [0, 0.1) is 0 Å². The second-order valence-electron chi connectivity index (χ2n) is 8.30. The Kier molecular flexibility index (Phi) is 7.66. The highest BCUT2D eigenvalue weighted by Crippen LogP contribution is 2.31. The molecular formula is C25H24ClN7O4. The zero-order chi connectivity index (χ0) is 26.5. The topological polar surface area (TPSA) is 163 Å². The van der Waals surface area contributed by atoms with E-state index in [0.29, 0.717) is 17.8 Å². The molecule has 190 valence electrons. The van der Waals surface area contributed by atoms with Crippen LogP contribution >= 0.6 is 11.6 Å². The van der Waals surface area contributed by atoms with Crippen LogP contribution in [0.4, 0.5) is 28.8 Å². The molecule has 1 aromatic heterocycles. The minimum Gasteiger partial charge on any atom is -0.506 e. The zero-order valence-corrected chi connectivity index (χ0v) is 20.4. The number of rotatable bonds is 10. The van der Waals surface area contributed by atoms with Crippen molar-refractivity contribution in [3.05, 3.63) is 71.4 Å². The van der Waals surface area contributed by atoms with Crippen LogP contribution in [-0.4, -0.2) is 57.2 Å². The lowest BCUT2D eigenvalue weighted by Gasteiger charge is -2.30. The summed E-state index contributed by atoms with van der Waals surface area (Å²) in [5, 5.41) is 19.0. The molecule has 0 bridgehead atoms. The van der Waals surface area contributed by atoms with Crippen molar-refractivity contribution in [1.29, 1.82) is 0 Å². The second-order valence-corrected chi connectivity index (χ2v) is 8.71. The van der Waals surface area contributed by atoms with Crippen molar-refractivity contribution in [2.75, 3.05) is 35.6 Å².